The first-order valence-corrected chi connectivity index (χ1v) is 6.71. The molecule has 4 heteroatoms. The molecule has 0 radical (unpaired) electrons. The average molecular weight is 305 g/mol. The van der Waals surface area contributed by atoms with Gasteiger partial charge in [0.25, 0.3) is 0 Å². The molecule has 1 fully saturated rings. The predicted molar refractivity (Wildman–Crippen MR) is 70.2 cm³/mol. The van der Waals surface area contributed by atoms with Gasteiger partial charge >= 0.3 is 0 Å². The zero-order chi connectivity index (χ0) is 11.4. The minimum absolute atomic E-state index is 0.605. The van der Waals surface area contributed by atoms with E-state index in [1.165, 1.54) is 12.8 Å². The Balaban J connectivity index is 1.88. The van der Waals surface area contributed by atoms with E-state index in [9.17, 15) is 0 Å². The van der Waals surface area contributed by atoms with Crippen molar-refractivity contribution in [1.29, 1.82) is 0 Å². The van der Waals surface area contributed by atoms with Crippen LogP contribution in [0.1, 0.15) is 12.8 Å². The van der Waals surface area contributed by atoms with E-state index >= 15 is 0 Å². The molecule has 0 amide bonds. The molecule has 0 aromatic heterocycles. The summed E-state index contributed by atoms with van der Waals surface area (Å²) in [5.41, 5.74) is 0. The number of benzene rings is 1. The minimum atomic E-state index is 0.605. The monoisotopic (exact) mass is 303 g/mol. The van der Waals surface area contributed by atoms with E-state index < -0.39 is 0 Å². The van der Waals surface area contributed by atoms with Gasteiger partial charge < -0.3 is 10.1 Å². The molecule has 1 aliphatic rings. The zero-order valence-corrected chi connectivity index (χ0v) is 11.4. The Labute approximate surface area is 109 Å². The SMILES string of the molecule is Clc1cc(Br)ccc1OC[C@H]1CCCNC1. The first-order valence-electron chi connectivity index (χ1n) is 5.54. The molecule has 1 aromatic carbocycles. The summed E-state index contributed by atoms with van der Waals surface area (Å²) >= 11 is 9.45. The van der Waals surface area contributed by atoms with Crippen molar-refractivity contribution < 1.29 is 4.74 Å². The van der Waals surface area contributed by atoms with E-state index in [-0.39, 0.29) is 0 Å². The summed E-state index contributed by atoms with van der Waals surface area (Å²) in [4.78, 5) is 0. The van der Waals surface area contributed by atoms with Crippen molar-refractivity contribution in [2.24, 2.45) is 5.92 Å². The van der Waals surface area contributed by atoms with Gasteiger partial charge in [-0.05, 0) is 37.6 Å². The van der Waals surface area contributed by atoms with E-state index in [0.29, 0.717) is 10.9 Å². The number of hydrogen-bond acceptors (Lipinski definition) is 2. The first-order chi connectivity index (χ1) is 7.75. The van der Waals surface area contributed by atoms with Gasteiger partial charge in [-0.1, -0.05) is 27.5 Å². The molecule has 2 nitrogen and oxygen atoms in total. The largest absolute Gasteiger partial charge is 0.492 e. The van der Waals surface area contributed by atoms with E-state index in [4.69, 9.17) is 16.3 Å². The van der Waals surface area contributed by atoms with Crippen LogP contribution in [0.15, 0.2) is 22.7 Å². The number of nitrogens with one attached hydrogen (secondary N) is 1. The quantitative estimate of drug-likeness (QED) is 0.923. The highest BCUT2D eigenvalue weighted by Gasteiger charge is 2.14. The van der Waals surface area contributed by atoms with E-state index in [2.05, 4.69) is 21.2 Å². The number of rotatable bonds is 3. The molecule has 1 heterocycles. The van der Waals surface area contributed by atoms with Crippen LogP contribution >= 0.6 is 27.5 Å². The second kappa shape index (κ2) is 5.89. The summed E-state index contributed by atoms with van der Waals surface area (Å²) in [6.45, 7) is 2.93. The van der Waals surface area contributed by atoms with Crippen molar-refractivity contribution >= 4 is 27.5 Å². The van der Waals surface area contributed by atoms with Crippen molar-refractivity contribution in [1.82, 2.24) is 5.32 Å². The lowest BCUT2D eigenvalue weighted by molar-refractivity contribution is 0.218. The molecule has 88 valence electrons. The summed E-state index contributed by atoms with van der Waals surface area (Å²) in [6.07, 6.45) is 2.48. The molecular formula is C12H15BrClNO. The molecule has 1 atom stereocenters. The Bertz CT molecular complexity index is 353. The molecule has 0 aliphatic carbocycles. The summed E-state index contributed by atoms with van der Waals surface area (Å²) < 4.78 is 6.71. The lowest BCUT2D eigenvalue weighted by Crippen LogP contribution is -2.33. The fourth-order valence-electron chi connectivity index (χ4n) is 1.87. The van der Waals surface area contributed by atoms with E-state index in [1.807, 2.05) is 18.2 Å². The highest BCUT2D eigenvalue weighted by Crippen LogP contribution is 2.28. The molecular weight excluding hydrogens is 289 g/mol. The number of halogens is 2. The molecule has 1 N–H and O–H groups in total. The Morgan fingerprint density at radius 1 is 1.50 bits per heavy atom. The van der Waals surface area contributed by atoms with Crippen LogP contribution in [0.25, 0.3) is 0 Å². The van der Waals surface area contributed by atoms with Crippen LogP contribution in [-0.2, 0) is 0 Å². The Hall–Kier alpha value is -0.250. The fourth-order valence-corrected chi connectivity index (χ4v) is 2.59. The van der Waals surface area contributed by atoms with Crippen LogP contribution in [0.4, 0.5) is 0 Å². The van der Waals surface area contributed by atoms with Crippen LogP contribution in [0.5, 0.6) is 5.75 Å². The molecule has 0 unspecified atom stereocenters. The van der Waals surface area contributed by atoms with Crippen LogP contribution in [-0.4, -0.2) is 19.7 Å². The second-order valence-corrected chi connectivity index (χ2v) is 5.42. The fraction of sp³-hybridized carbons (Fsp3) is 0.500. The molecule has 1 saturated heterocycles. The van der Waals surface area contributed by atoms with Gasteiger partial charge in [0.2, 0.25) is 0 Å². The van der Waals surface area contributed by atoms with Crippen molar-refractivity contribution in [2.45, 2.75) is 12.8 Å². The van der Waals surface area contributed by atoms with Gasteiger partial charge in [0.15, 0.2) is 0 Å². The van der Waals surface area contributed by atoms with Crippen LogP contribution in [0.2, 0.25) is 5.02 Å². The van der Waals surface area contributed by atoms with Crippen molar-refractivity contribution in [2.75, 3.05) is 19.7 Å². The highest BCUT2D eigenvalue weighted by molar-refractivity contribution is 9.10. The molecule has 0 bridgehead atoms. The maximum Gasteiger partial charge on any atom is 0.137 e. The first kappa shape index (κ1) is 12.2. The number of piperidine rings is 1. The Morgan fingerprint density at radius 2 is 2.38 bits per heavy atom. The topological polar surface area (TPSA) is 21.3 Å². The molecule has 1 aromatic rings. The molecule has 2 rings (SSSR count). The van der Waals surface area contributed by atoms with Gasteiger partial charge in [-0.25, -0.2) is 0 Å². The van der Waals surface area contributed by atoms with Gasteiger partial charge in [-0.15, -0.1) is 0 Å². The standard InChI is InChI=1S/C12H15BrClNO/c13-10-3-4-12(11(14)6-10)16-8-9-2-1-5-15-7-9/h3-4,6,9,15H,1-2,5,7-8H2/t9-/m0/s1. The smallest absolute Gasteiger partial charge is 0.137 e. The van der Waals surface area contributed by atoms with Gasteiger partial charge in [0.05, 0.1) is 11.6 Å². The van der Waals surface area contributed by atoms with Gasteiger partial charge in [0, 0.05) is 16.9 Å². The van der Waals surface area contributed by atoms with Crippen molar-refractivity contribution in [3.8, 4) is 5.75 Å². The Morgan fingerprint density at radius 3 is 3.06 bits per heavy atom. The third-order valence-corrected chi connectivity index (χ3v) is 3.56. The average Bonchev–Trinajstić information content (AvgIpc) is 2.29. The van der Waals surface area contributed by atoms with Gasteiger partial charge in [-0.3, -0.25) is 0 Å². The highest BCUT2D eigenvalue weighted by atomic mass is 79.9. The van der Waals surface area contributed by atoms with Crippen LogP contribution < -0.4 is 10.1 Å². The molecule has 0 spiro atoms. The summed E-state index contributed by atoms with van der Waals surface area (Å²) in [7, 11) is 0. The normalized spacial score (nSPS) is 20.8. The van der Waals surface area contributed by atoms with Gasteiger partial charge in [-0.2, -0.15) is 0 Å². The maximum atomic E-state index is 6.08. The third kappa shape index (κ3) is 3.37. The zero-order valence-electron chi connectivity index (χ0n) is 9.01. The third-order valence-electron chi connectivity index (χ3n) is 2.77. The van der Waals surface area contributed by atoms with Crippen LogP contribution in [0, 0.1) is 5.92 Å². The molecule has 0 saturated carbocycles. The Kier molecular flexibility index (Phi) is 4.50. The molecule has 1 aliphatic heterocycles. The van der Waals surface area contributed by atoms with Crippen molar-refractivity contribution in [3.63, 3.8) is 0 Å². The van der Waals surface area contributed by atoms with Crippen LogP contribution in [0.3, 0.4) is 0 Å². The minimum Gasteiger partial charge on any atom is -0.492 e. The van der Waals surface area contributed by atoms with Gasteiger partial charge in [0.1, 0.15) is 5.75 Å². The van der Waals surface area contributed by atoms with E-state index in [0.717, 1.165) is 29.9 Å². The summed E-state index contributed by atoms with van der Waals surface area (Å²) in [5, 5.41) is 4.04. The lowest BCUT2D eigenvalue weighted by Gasteiger charge is -2.23. The number of hydrogen-bond donors (Lipinski definition) is 1. The summed E-state index contributed by atoms with van der Waals surface area (Å²) in [5.74, 6) is 1.38. The molecule has 16 heavy (non-hydrogen) atoms. The predicted octanol–water partition coefficient (Wildman–Crippen LogP) is 3.48. The maximum absolute atomic E-state index is 6.08. The summed E-state index contributed by atoms with van der Waals surface area (Å²) in [6, 6.07) is 5.71. The van der Waals surface area contributed by atoms with Crippen molar-refractivity contribution in [3.05, 3.63) is 27.7 Å². The second-order valence-electron chi connectivity index (χ2n) is 4.10. The van der Waals surface area contributed by atoms with E-state index in [1.54, 1.807) is 0 Å². The number of ether oxygens (including phenoxy) is 1. The lowest BCUT2D eigenvalue weighted by atomic mass is 10.0.